The van der Waals surface area contributed by atoms with E-state index in [1.54, 1.807) is 0 Å². The van der Waals surface area contributed by atoms with Crippen LogP contribution in [0.2, 0.25) is 0 Å². The standard InChI is InChI=1S/C10H19N/c1-9(2)4-8-5-10(3,6-9)7-11-8/h8,11H,4-7H2,1-3H3/p+1/t8-,10-/m0/s1. The van der Waals surface area contributed by atoms with Crippen molar-refractivity contribution in [1.29, 1.82) is 0 Å². The maximum absolute atomic E-state index is 2.56. The Morgan fingerprint density at radius 1 is 1.18 bits per heavy atom. The molecule has 2 fully saturated rings. The first-order valence-electron chi connectivity index (χ1n) is 4.83. The number of fused-ring (bicyclic) bond motifs is 2. The van der Waals surface area contributed by atoms with Gasteiger partial charge < -0.3 is 5.32 Å². The second kappa shape index (κ2) is 2.01. The topological polar surface area (TPSA) is 16.6 Å². The molecule has 2 bridgehead atoms. The molecule has 64 valence electrons. The minimum absolute atomic E-state index is 0.616. The summed E-state index contributed by atoms with van der Waals surface area (Å²) in [6.45, 7) is 8.69. The molecular weight excluding hydrogens is 134 g/mol. The lowest BCUT2D eigenvalue weighted by Crippen LogP contribution is -2.87. The van der Waals surface area contributed by atoms with Gasteiger partial charge in [-0.3, -0.25) is 0 Å². The molecule has 0 aromatic heterocycles. The highest BCUT2D eigenvalue weighted by atomic mass is 15.0. The Hall–Kier alpha value is -0.0400. The van der Waals surface area contributed by atoms with Crippen molar-refractivity contribution in [1.82, 2.24) is 0 Å². The molecule has 1 nitrogen and oxygen atoms in total. The summed E-state index contributed by atoms with van der Waals surface area (Å²) in [7, 11) is 0. The lowest BCUT2D eigenvalue weighted by molar-refractivity contribution is -0.673. The van der Waals surface area contributed by atoms with Crippen LogP contribution in [0.1, 0.15) is 40.0 Å². The quantitative estimate of drug-likeness (QED) is 0.539. The molecule has 0 aromatic rings. The Labute approximate surface area is 69.6 Å². The van der Waals surface area contributed by atoms with Crippen molar-refractivity contribution in [3.05, 3.63) is 0 Å². The minimum Gasteiger partial charge on any atom is -0.343 e. The van der Waals surface area contributed by atoms with E-state index in [9.17, 15) is 0 Å². The Morgan fingerprint density at radius 2 is 1.91 bits per heavy atom. The summed E-state index contributed by atoms with van der Waals surface area (Å²) in [6, 6.07) is 0.948. The fraction of sp³-hybridized carbons (Fsp3) is 1.00. The average Bonchev–Trinajstić information content (AvgIpc) is 2.03. The number of nitrogens with two attached hydrogens (primary N) is 1. The average molecular weight is 154 g/mol. The molecule has 0 spiro atoms. The number of rotatable bonds is 0. The van der Waals surface area contributed by atoms with Crippen molar-refractivity contribution in [2.24, 2.45) is 10.8 Å². The molecule has 0 amide bonds. The van der Waals surface area contributed by atoms with Gasteiger partial charge in [0, 0.05) is 18.3 Å². The van der Waals surface area contributed by atoms with E-state index in [0.717, 1.165) is 6.04 Å². The molecule has 1 heterocycles. The van der Waals surface area contributed by atoms with Gasteiger partial charge in [-0.1, -0.05) is 20.8 Å². The maximum atomic E-state index is 2.56. The Kier molecular flexibility index (Phi) is 1.39. The predicted octanol–water partition coefficient (Wildman–Crippen LogP) is 1.15. The summed E-state index contributed by atoms with van der Waals surface area (Å²) in [6.07, 6.45) is 4.34. The molecule has 2 N–H and O–H groups in total. The van der Waals surface area contributed by atoms with Crippen LogP contribution in [0.25, 0.3) is 0 Å². The molecule has 0 radical (unpaired) electrons. The van der Waals surface area contributed by atoms with Crippen LogP contribution in [-0.4, -0.2) is 12.6 Å². The predicted molar refractivity (Wildman–Crippen MR) is 46.3 cm³/mol. The van der Waals surface area contributed by atoms with Crippen molar-refractivity contribution in [2.45, 2.75) is 46.1 Å². The molecule has 2 atom stereocenters. The van der Waals surface area contributed by atoms with Crippen molar-refractivity contribution >= 4 is 0 Å². The molecule has 1 heteroatoms. The van der Waals surface area contributed by atoms with Crippen LogP contribution < -0.4 is 5.32 Å². The first-order chi connectivity index (χ1) is 4.99. The van der Waals surface area contributed by atoms with Crippen LogP contribution in [-0.2, 0) is 0 Å². The zero-order valence-electron chi connectivity index (χ0n) is 7.98. The highest BCUT2D eigenvalue weighted by Gasteiger charge is 2.48. The van der Waals surface area contributed by atoms with E-state index >= 15 is 0 Å². The molecule has 11 heavy (non-hydrogen) atoms. The van der Waals surface area contributed by atoms with E-state index in [2.05, 4.69) is 26.1 Å². The molecule has 0 aromatic carbocycles. The van der Waals surface area contributed by atoms with Crippen molar-refractivity contribution in [3.8, 4) is 0 Å². The van der Waals surface area contributed by atoms with Gasteiger partial charge in [-0.2, -0.15) is 0 Å². The Balaban J connectivity index is 2.19. The van der Waals surface area contributed by atoms with Gasteiger partial charge in [0.05, 0.1) is 12.6 Å². The largest absolute Gasteiger partial charge is 0.343 e. The fourth-order valence-electron chi connectivity index (χ4n) is 3.49. The lowest BCUT2D eigenvalue weighted by atomic mass is 9.65. The molecular formula is C10H20N+. The smallest absolute Gasteiger partial charge is 0.0871 e. The van der Waals surface area contributed by atoms with Crippen LogP contribution >= 0.6 is 0 Å². The summed E-state index contributed by atoms with van der Waals surface area (Å²) < 4.78 is 0. The monoisotopic (exact) mass is 154 g/mol. The normalized spacial score (nSPS) is 47.7. The van der Waals surface area contributed by atoms with Gasteiger partial charge in [0.15, 0.2) is 0 Å². The third-order valence-corrected chi connectivity index (χ3v) is 3.42. The SMILES string of the molecule is CC1(C)C[C@H]2C[C@](C)(C[NH2+]2)C1. The first kappa shape index (κ1) is 7.60. The second-order valence-corrected chi connectivity index (χ2v) is 5.76. The summed E-state index contributed by atoms with van der Waals surface area (Å²) in [4.78, 5) is 0. The molecule has 2 rings (SSSR count). The van der Waals surface area contributed by atoms with Gasteiger partial charge in [0.2, 0.25) is 0 Å². The van der Waals surface area contributed by atoms with Crippen molar-refractivity contribution in [2.75, 3.05) is 6.54 Å². The maximum Gasteiger partial charge on any atom is 0.0871 e. The lowest BCUT2D eigenvalue weighted by Gasteiger charge is -2.37. The first-order valence-corrected chi connectivity index (χ1v) is 4.83. The van der Waals surface area contributed by atoms with E-state index in [1.165, 1.54) is 25.8 Å². The Morgan fingerprint density at radius 3 is 2.55 bits per heavy atom. The number of hydrogen-bond acceptors (Lipinski definition) is 0. The third kappa shape index (κ3) is 1.31. The third-order valence-electron chi connectivity index (χ3n) is 3.42. The molecule has 1 aliphatic carbocycles. The van der Waals surface area contributed by atoms with Gasteiger partial charge in [0.1, 0.15) is 0 Å². The molecule has 1 saturated carbocycles. The zero-order chi connectivity index (χ0) is 8.11. The highest BCUT2D eigenvalue weighted by Crippen LogP contribution is 2.46. The van der Waals surface area contributed by atoms with Crippen LogP contribution in [0.15, 0.2) is 0 Å². The van der Waals surface area contributed by atoms with Crippen molar-refractivity contribution in [3.63, 3.8) is 0 Å². The molecule has 2 aliphatic rings. The molecule has 1 aliphatic heterocycles. The van der Waals surface area contributed by atoms with Crippen molar-refractivity contribution < 1.29 is 5.32 Å². The Bertz CT molecular complexity index is 174. The van der Waals surface area contributed by atoms with Gasteiger partial charge >= 0.3 is 0 Å². The van der Waals surface area contributed by atoms with Gasteiger partial charge in [-0.25, -0.2) is 0 Å². The minimum atomic E-state index is 0.616. The summed E-state index contributed by atoms with van der Waals surface area (Å²) in [5.41, 5.74) is 1.29. The fourth-order valence-corrected chi connectivity index (χ4v) is 3.49. The highest BCUT2D eigenvalue weighted by molar-refractivity contribution is 4.93. The van der Waals surface area contributed by atoms with Crippen LogP contribution in [0, 0.1) is 10.8 Å². The van der Waals surface area contributed by atoms with Gasteiger partial charge in [-0.15, -0.1) is 0 Å². The zero-order valence-corrected chi connectivity index (χ0v) is 7.98. The van der Waals surface area contributed by atoms with Crippen LogP contribution in [0.4, 0.5) is 0 Å². The molecule has 1 saturated heterocycles. The van der Waals surface area contributed by atoms with E-state index in [0.29, 0.717) is 10.8 Å². The molecule has 0 unspecified atom stereocenters. The van der Waals surface area contributed by atoms with Crippen LogP contribution in [0.3, 0.4) is 0 Å². The van der Waals surface area contributed by atoms with E-state index in [1.807, 2.05) is 0 Å². The van der Waals surface area contributed by atoms with E-state index < -0.39 is 0 Å². The summed E-state index contributed by atoms with van der Waals surface area (Å²) in [5, 5.41) is 2.56. The summed E-state index contributed by atoms with van der Waals surface area (Å²) in [5.74, 6) is 0. The van der Waals surface area contributed by atoms with Crippen LogP contribution in [0.5, 0.6) is 0 Å². The van der Waals surface area contributed by atoms with Gasteiger partial charge in [0.25, 0.3) is 0 Å². The van der Waals surface area contributed by atoms with Gasteiger partial charge in [-0.05, 0) is 11.8 Å². The second-order valence-electron chi connectivity index (χ2n) is 5.76. The summed E-state index contributed by atoms with van der Waals surface area (Å²) >= 11 is 0. The number of hydrogen-bond donors (Lipinski definition) is 1. The van der Waals surface area contributed by atoms with E-state index in [4.69, 9.17) is 0 Å². The van der Waals surface area contributed by atoms with E-state index in [-0.39, 0.29) is 0 Å². The number of quaternary nitrogens is 1.